The minimum atomic E-state index is -0.297. The van der Waals surface area contributed by atoms with E-state index in [1.807, 2.05) is 11.8 Å². The molecule has 4 heteroatoms. The van der Waals surface area contributed by atoms with E-state index in [0.29, 0.717) is 5.41 Å². The summed E-state index contributed by atoms with van der Waals surface area (Å²) in [5.74, 6) is 0.140. The molecule has 1 N–H and O–H groups in total. The van der Waals surface area contributed by atoms with Gasteiger partial charge in [-0.1, -0.05) is 0 Å². The highest BCUT2D eigenvalue weighted by atomic mass is 16.5. The van der Waals surface area contributed by atoms with Crippen molar-refractivity contribution in [1.29, 1.82) is 0 Å². The third-order valence-electron chi connectivity index (χ3n) is 3.78. The van der Waals surface area contributed by atoms with Gasteiger partial charge in [0.1, 0.15) is 6.10 Å². The van der Waals surface area contributed by atoms with Crippen LogP contribution in [0.2, 0.25) is 0 Å². The summed E-state index contributed by atoms with van der Waals surface area (Å²) in [6.07, 6.45) is 2.05. The van der Waals surface area contributed by atoms with Crippen LogP contribution in [0.25, 0.3) is 0 Å². The summed E-state index contributed by atoms with van der Waals surface area (Å²) in [5, 5.41) is 3.39. The molecule has 0 aromatic heterocycles. The predicted octanol–water partition coefficient (Wildman–Crippen LogP) is 0.233. The van der Waals surface area contributed by atoms with Gasteiger partial charge in [-0.3, -0.25) is 4.79 Å². The summed E-state index contributed by atoms with van der Waals surface area (Å²) in [6, 6.07) is 0. The number of rotatable bonds is 2. The summed E-state index contributed by atoms with van der Waals surface area (Å²) in [7, 11) is 1.59. The molecular weight excluding hydrogens is 192 g/mol. The maximum absolute atomic E-state index is 11.9. The summed E-state index contributed by atoms with van der Waals surface area (Å²) in [6.45, 7) is 5.79. The van der Waals surface area contributed by atoms with E-state index < -0.39 is 0 Å². The molecule has 15 heavy (non-hydrogen) atoms. The van der Waals surface area contributed by atoms with E-state index in [-0.39, 0.29) is 12.0 Å². The SMILES string of the molecule is COC(C)C(=O)N1CCC2(CCNC2)C1. The van der Waals surface area contributed by atoms with Gasteiger partial charge in [-0.2, -0.15) is 0 Å². The zero-order valence-corrected chi connectivity index (χ0v) is 9.58. The van der Waals surface area contributed by atoms with E-state index in [1.54, 1.807) is 7.11 Å². The molecule has 1 amide bonds. The Bertz CT molecular complexity index is 249. The molecule has 2 heterocycles. The first-order valence-corrected chi connectivity index (χ1v) is 5.69. The number of methoxy groups -OCH3 is 1. The fourth-order valence-corrected chi connectivity index (χ4v) is 2.63. The highest BCUT2D eigenvalue weighted by molar-refractivity contribution is 5.80. The molecule has 2 atom stereocenters. The molecule has 0 saturated carbocycles. The molecular formula is C11H20N2O2. The van der Waals surface area contributed by atoms with Crippen molar-refractivity contribution in [1.82, 2.24) is 10.2 Å². The van der Waals surface area contributed by atoms with Gasteiger partial charge in [-0.25, -0.2) is 0 Å². The normalized spacial score (nSPS) is 32.5. The zero-order chi connectivity index (χ0) is 10.9. The van der Waals surface area contributed by atoms with Crippen LogP contribution in [0.5, 0.6) is 0 Å². The van der Waals surface area contributed by atoms with Crippen LogP contribution < -0.4 is 5.32 Å². The first kappa shape index (κ1) is 10.9. The second kappa shape index (κ2) is 4.10. The molecule has 2 rings (SSSR count). The van der Waals surface area contributed by atoms with Crippen LogP contribution in [0.15, 0.2) is 0 Å². The quantitative estimate of drug-likeness (QED) is 0.712. The Morgan fingerprint density at radius 3 is 2.93 bits per heavy atom. The Kier molecular flexibility index (Phi) is 2.98. The van der Waals surface area contributed by atoms with Gasteiger partial charge in [0.25, 0.3) is 5.91 Å². The lowest BCUT2D eigenvalue weighted by atomic mass is 9.86. The first-order valence-electron chi connectivity index (χ1n) is 5.69. The molecule has 2 saturated heterocycles. The highest BCUT2D eigenvalue weighted by Crippen LogP contribution is 2.36. The minimum Gasteiger partial charge on any atom is -0.372 e. The standard InChI is InChI=1S/C11H20N2O2/c1-9(15-2)10(14)13-6-4-11(8-13)3-5-12-7-11/h9,12H,3-8H2,1-2H3. The third kappa shape index (κ3) is 2.01. The van der Waals surface area contributed by atoms with Crippen LogP contribution in [0.3, 0.4) is 0 Å². The lowest BCUT2D eigenvalue weighted by Crippen LogP contribution is -2.39. The first-order chi connectivity index (χ1) is 7.17. The van der Waals surface area contributed by atoms with Crippen molar-refractivity contribution in [3.8, 4) is 0 Å². The number of nitrogens with zero attached hydrogens (tertiary/aromatic N) is 1. The number of nitrogens with one attached hydrogen (secondary N) is 1. The van der Waals surface area contributed by atoms with E-state index in [4.69, 9.17) is 4.74 Å². The summed E-state index contributed by atoms with van der Waals surface area (Å²) < 4.78 is 5.07. The molecule has 2 unspecified atom stereocenters. The van der Waals surface area contributed by atoms with Gasteiger partial charge in [0, 0.05) is 32.2 Å². The minimum absolute atomic E-state index is 0.140. The summed E-state index contributed by atoms with van der Waals surface area (Å²) >= 11 is 0. The number of carbonyl (C=O) groups excluding carboxylic acids is 1. The third-order valence-corrected chi connectivity index (χ3v) is 3.78. The molecule has 0 radical (unpaired) electrons. The molecule has 1 spiro atoms. The number of carbonyl (C=O) groups is 1. The van der Waals surface area contributed by atoms with E-state index in [9.17, 15) is 4.79 Å². The van der Waals surface area contributed by atoms with Crippen molar-refractivity contribution < 1.29 is 9.53 Å². The van der Waals surface area contributed by atoms with Crippen molar-refractivity contribution in [3.63, 3.8) is 0 Å². The Morgan fingerprint density at radius 2 is 2.33 bits per heavy atom. The van der Waals surface area contributed by atoms with Crippen molar-refractivity contribution in [3.05, 3.63) is 0 Å². The number of ether oxygens (including phenoxy) is 1. The van der Waals surface area contributed by atoms with Crippen molar-refractivity contribution in [2.75, 3.05) is 33.3 Å². The van der Waals surface area contributed by atoms with Gasteiger partial charge in [-0.05, 0) is 26.3 Å². The molecule has 0 aromatic carbocycles. The lowest BCUT2D eigenvalue weighted by molar-refractivity contribution is -0.140. The molecule has 2 aliphatic heterocycles. The molecule has 2 fully saturated rings. The van der Waals surface area contributed by atoms with E-state index in [2.05, 4.69) is 5.32 Å². The van der Waals surface area contributed by atoms with Gasteiger partial charge < -0.3 is 15.0 Å². The van der Waals surface area contributed by atoms with Gasteiger partial charge >= 0.3 is 0 Å². The van der Waals surface area contributed by atoms with Crippen LogP contribution in [0.1, 0.15) is 19.8 Å². The number of hydrogen-bond acceptors (Lipinski definition) is 3. The fraction of sp³-hybridized carbons (Fsp3) is 0.909. The van der Waals surface area contributed by atoms with Crippen molar-refractivity contribution >= 4 is 5.91 Å². The Hall–Kier alpha value is -0.610. The number of hydrogen-bond donors (Lipinski definition) is 1. The van der Waals surface area contributed by atoms with E-state index >= 15 is 0 Å². The van der Waals surface area contributed by atoms with Gasteiger partial charge in [-0.15, -0.1) is 0 Å². The van der Waals surface area contributed by atoms with Gasteiger partial charge in [0.15, 0.2) is 0 Å². The van der Waals surface area contributed by atoms with E-state index in [0.717, 1.165) is 32.6 Å². The second-order valence-electron chi connectivity index (χ2n) is 4.81. The average molecular weight is 212 g/mol. The Labute approximate surface area is 91.0 Å². The molecule has 0 aliphatic carbocycles. The predicted molar refractivity (Wildman–Crippen MR) is 57.6 cm³/mol. The maximum atomic E-state index is 11.9. The van der Waals surface area contributed by atoms with Gasteiger partial charge in [0.2, 0.25) is 0 Å². The average Bonchev–Trinajstić information content (AvgIpc) is 2.88. The Balaban J connectivity index is 1.94. The molecule has 0 bridgehead atoms. The largest absolute Gasteiger partial charge is 0.372 e. The summed E-state index contributed by atoms with van der Waals surface area (Å²) in [5.41, 5.74) is 0.364. The van der Waals surface area contributed by atoms with Crippen LogP contribution in [0.4, 0.5) is 0 Å². The maximum Gasteiger partial charge on any atom is 0.251 e. The van der Waals surface area contributed by atoms with Crippen molar-refractivity contribution in [2.24, 2.45) is 5.41 Å². The van der Waals surface area contributed by atoms with Crippen LogP contribution >= 0.6 is 0 Å². The zero-order valence-electron chi connectivity index (χ0n) is 9.58. The second-order valence-corrected chi connectivity index (χ2v) is 4.81. The number of likely N-dealkylation sites (tertiary alicyclic amines) is 1. The molecule has 4 nitrogen and oxygen atoms in total. The van der Waals surface area contributed by atoms with Gasteiger partial charge in [0.05, 0.1) is 0 Å². The molecule has 0 aromatic rings. The monoisotopic (exact) mass is 212 g/mol. The fourth-order valence-electron chi connectivity index (χ4n) is 2.63. The highest BCUT2D eigenvalue weighted by Gasteiger charge is 2.42. The van der Waals surface area contributed by atoms with Crippen molar-refractivity contribution in [2.45, 2.75) is 25.9 Å². The molecule has 2 aliphatic rings. The number of amides is 1. The Morgan fingerprint density at radius 1 is 1.53 bits per heavy atom. The van der Waals surface area contributed by atoms with Crippen LogP contribution in [0, 0.1) is 5.41 Å². The summed E-state index contributed by atoms with van der Waals surface area (Å²) in [4.78, 5) is 13.9. The molecule has 86 valence electrons. The smallest absolute Gasteiger partial charge is 0.251 e. The topological polar surface area (TPSA) is 41.6 Å². The lowest BCUT2D eigenvalue weighted by Gasteiger charge is -2.24. The van der Waals surface area contributed by atoms with E-state index in [1.165, 1.54) is 6.42 Å². The van der Waals surface area contributed by atoms with Crippen LogP contribution in [-0.2, 0) is 9.53 Å². The van der Waals surface area contributed by atoms with Crippen LogP contribution in [-0.4, -0.2) is 50.2 Å².